The van der Waals surface area contributed by atoms with E-state index in [1.807, 2.05) is 0 Å². The van der Waals surface area contributed by atoms with E-state index in [1.165, 1.54) is 38.1 Å². The van der Waals surface area contributed by atoms with E-state index in [9.17, 15) is 18.4 Å². The molecule has 0 fully saturated rings. The monoisotopic (exact) mass is 410 g/mol. The number of carbonyl (C=O) groups is 2. The van der Waals surface area contributed by atoms with Crippen molar-refractivity contribution in [1.82, 2.24) is 0 Å². The highest BCUT2D eigenvalue weighted by Crippen LogP contribution is 2.31. The third-order valence-corrected chi connectivity index (χ3v) is 5.23. The fraction of sp³-hybridized carbons (Fsp3) is 0.167. The second-order valence-corrected chi connectivity index (χ2v) is 7.18. The van der Waals surface area contributed by atoms with Crippen LogP contribution in [0.2, 0.25) is 0 Å². The maximum Gasteiger partial charge on any atom is 0.310 e. The van der Waals surface area contributed by atoms with Gasteiger partial charge < -0.3 is 10.2 Å². The number of benzene rings is 3. The Morgan fingerprint density at radius 3 is 1.27 bits per heavy atom. The fourth-order valence-electron chi connectivity index (χ4n) is 3.18. The summed E-state index contributed by atoms with van der Waals surface area (Å²) in [5.74, 6) is -4.76. The summed E-state index contributed by atoms with van der Waals surface area (Å²) < 4.78 is 29.1. The third-order valence-electron chi connectivity index (χ3n) is 5.23. The summed E-state index contributed by atoms with van der Waals surface area (Å²) >= 11 is 0. The zero-order valence-corrected chi connectivity index (χ0v) is 16.4. The second kappa shape index (κ2) is 8.45. The van der Waals surface area contributed by atoms with Gasteiger partial charge in [0.05, 0.1) is 11.8 Å². The smallest absolute Gasteiger partial charge is 0.310 e. The minimum atomic E-state index is -1.03. The molecule has 4 nitrogen and oxygen atoms in total. The van der Waals surface area contributed by atoms with Gasteiger partial charge in [0.25, 0.3) is 0 Å². The van der Waals surface area contributed by atoms with Gasteiger partial charge in [0.1, 0.15) is 11.6 Å². The molecular formula is C24H20F2O4. The highest BCUT2D eigenvalue weighted by molar-refractivity contribution is 5.77. The van der Waals surface area contributed by atoms with Crippen LogP contribution in [0.4, 0.5) is 8.78 Å². The lowest BCUT2D eigenvalue weighted by atomic mass is 9.94. The maximum absolute atomic E-state index is 14.5. The number of hydrogen-bond acceptors (Lipinski definition) is 2. The Labute approximate surface area is 172 Å². The minimum absolute atomic E-state index is 0.314. The lowest BCUT2D eigenvalue weighted by molar-refractivity contribution is -0.139. The first-order valence-electron chi connectivity index (χ1n) is 9.34. The summed E-state index contributed by atoms with van der Waals surface area (Å²) in [7, 11) is 0. The van der Waals surface area contributed by atoms with Crippen LogP contribution in [0.1, 0.15) is 36.8 Å². The molecule has 0 bridgehead atoms. The summed E-state index contributed by atoms with van der Waals surface area (Å²) in [6, 6.07) is 15.3. The van der Waals surface area contributed by atoms with Gasteiger partial charge in [0, 0.05) is 11.1 Å². The summed E-state index contributed by atoms with van der Waals surface area (Å²) in [5.41, 5.74) is 2.52. The van der Waals surface area contributed by atoms with Gasteiger partial charge >= 0.3 is 11.9 Å². The summed E-state index contributed by atoms with van der Waals surface area (Å²) in [6.07, 6.45) is 0. The van der Waals surface area contributed by atoms with Crippen molar-refractivity contribution in [2.75, 3.05) is 0 Å². The zero-order chi connectivity index (χ0) is 22.0. The van der Waals surface area contributed by atoms with E-state index in [4.69, 9.17) is 10.2 Å². The van der Waals surface area contributed by atoms with Crippen molar-refractivity contribution < 1.29 is 28.6 Å². The molecule has 0 saturated carbocycles. The molecule has 0 saturated heterocycles. The van der Waals surface area contributed by atoms with Gasteiger partial charge in [0.15, 0.2) is 0 Å². The topological polar surface area (TPSA) is 74.6 Å². The van der Waals surface area contributed by atoms with Crippen LogP contribution in [0.15, 0.2) is 60.7 Å². The minimum Gasteiger partial charge on any atom is -0.481 e. The molecule has 2 unspecified atom stereocenters. The largest absolute Gasteiger partial charge is 0.481 e. The van der Waals surface area contributed by atoms with Crippen LogP contribution < -0.4 is 0 Å². The van der Waals surface area contributed by atoms with Crippen LogP contribution in [0.3, 0.4) is 0 Å². The zero-order valence-electron chi connectivity index (χ0n) is 16.4. The van der Waals surface area contributed by atoms with Crippen LogP contribution in [0.5, 0.6) is 0 Å². The Kier molecular flexibility index (Phi) is 5.96. The van der Waals surface area contributed by atoms with Crippen molar-refractivity contribution in [2.45, 2.75) is 25.7 Å². The van der Waals surface area contributed by atoms with Gasteiger partial charge in [-0.15, -0.1) is 0 Å². The Hall–Kier alpha value is -3.54. The molecule has 30 heavy (non-hydrogen) atoms. The number of carboxylic acid groups (broad SMARTS) is 2. The molecule has 0 heterocycles. The first-order chi connectivity index (χ1) is 14.2. The molecule has 154 valence electrons. The molecule has 2 atom stereocenters. The van der Waals surface area contributed by atoms with Crippen LogP contribution >= 0.6 is 0 Å². The Balaban J connectivity index is 1.89. The van der Waals surface area contributed by atoms with Crippen molar-refractivity contribution in [2.24, 2.45) is 0 Å². The Morgan fingerprint density at radius 1 is 0.667 bits per heavy atom. The quantitative estimate of drug-likeness (QED) is 0.549. The van der Waals surface area contributed by atoms with Gasteiger partial charge in [-0.05, 0) is 48.2 Å². The molecule has 0 aliphatic heterocycles. The molecular weight excluding hydrogens is 390 g/mol. The molecule has 2 N–H and O–H groups in total. The SMILES string of the molecule is CC(C(=O)O)c1ccc(-c2ccc(-c3ccc(C(C)C(=O)O)cc3F)cc2)c(F)c1. The molecule has 0 aliphatic carbocycles. The molecule has 3 aromatic rings. The average Bonchev–Trinajstić information content (AvgIpc) is 2.72. The van der Waals surface area contributed by atoms with Gasteiger partial charge in [-0.3, -0.25) is 9.59 Å². The predicted molar refractivity (Wildman–Crippen MR) is 109 cm³/mol. The second-order valence-electron chi connectivity index (χ2n) is 7.18. The summed E-state index contributed by atoms with van der Waals surface area (Å²) in [6.45, 7) is 2.98. The number of rotatable bonds is 6. The van der Waals surface area contributed by atoms with Gasteiger partial charge in [-0.1, -0.05) is 48.5 Å². The van der Waals surface area contributed by atoms with Crippen LogP contribution in [-0.2, 0) is 9.59 Å². The number of hydrogen-bond donors (Lipinski definition) is 2. The van der Waals surface area contributed by atoms with E-state index < -0.39 is 35.4 Å². The highest BCUT2D eigenvalue weighted by atomic mass is 19.1. The predicted octanol–water partition coefficient (Wildman–Crippen LogP) is 5.68. The van der Waals surface area contributed by atoms with Crippen molar-refractivity contribution in [3.8, 4) is 22.3 Å². The molecule has 3 rings (SSSR count). The van der Waals surface area contributed by atoms with Crippen molar-refractivity contribution in [1.29, 1.82) is 0 Å². The van der Waals surface area contributed by atoms with Crippen LogP contribution in [0.25, 0.3) is 22.3 Å². The van der Waals surface area contributed by atoms with E-state index in [0.29, 0.717) is 33.4 Å². The van der Waals surface area contributed by atoms with Crippen molar-refractivity contribution in [3.63, 3.8) is 0 Å². The highest BCUT2D eigenvalue weighted by Gasteiger charge is 2.17. The average molecular weight is 410 g/mol. The van der Waals surface area contributed by atoms with Crippen LogP contribution in [-0.4, -0.2) is 22.2 Å². The van der Waals surface area contributed by atoms with E-state index in [2.05, 4.69) is 0 Å². The molecule has 0 amide bonds. The molecule has 0 radical (unpaired) electrons. The van der Waals surface area contributed by atoms with Gasteiger partial charge in [-0.25, -0.2) is 8.78 Å². The van der Waals surface area contributed by atoms with Crippen LogP contribution in [0, 0.1) is 11.6 Å². The Bertz CT molecular complexity index is 1020. The first kappa shape index (κ1) is 21.2. The van der Waals surface area contributed by atoms with E-state index in [0.717, 1.165) is 0 Å². The van der Waals surface area contributed by atoms with Crippen molar-refractivity contribution in [3.05, 3.63) is 83.4 Å². The lowest BCUT2D eigenvalue weighted by Gasteiger charge is -2.11. The Morgan fingerprint density at radius 2 is 1.00 bits per heavy atom. The molecule has 0 aliphatic rings. The van der Waals surface area contributed by atoms with Crippen molar-refractivity contribution >= 4 is 11.9 Å². The molecule has 6 heteroatoms. The third kappa shape index (κ3) is 4.22. The molecule has 0 aromatic heterocycles. The normalized spacial score (nSPS) is 12.9. The fourth-order valence-corrected chi connectivity index (χ4v) is 3.18. The summed E-state index contributed by atoms with van der Waals surface area (Å²) in [5, 5.41) is 18.1. The maximum atomic E-state index is 14.5. The number of aliphatic carboxylic acids is 2. The van der Waals surface area contributed by atoms with Gasteiger partial charge in [0.2, 0.25) is 0 Å². The number of halogens is 2. The lowest BCUT2D eigenvalue weighted by Crippen LogP contribution is -2.07. The first-order valence-corrected chi connectivity index (χ1v) is 9.34. The standard InChI is InChI=1S/C24H20F2O4/c1-13(23(27)28)17-7-9-19(21(25)11-17)15-3-5-16(6-4-15)20-10-8-18(12-22(20)26)14(2)24(29)30/h3-14H,1-2H3,(H,27,28)(H,29,30). The molecule has 0 spiro atoms. The number of carboxylic acids is 2. The van der Waals surface area contributed by atoms with E-state index in [-0.39, 0.29) is 0 Å². The molecule has 3 aromatic carbocycles. The van der Waals surface area contributed by atoms with E-state index in [1.54, 1.807) is 36.4 Å². The van der Waals surface area contributed by atoms with Gasteiger partial charge in [-0.2, -0.15) is 0 Å². The summed E-state index contributed by atoms with van der Waals surface area (Å²) in [4.78, 5) is 22.2. The van der Waals surface area contributed by atoms with E-state index >= 15 is 0 Å².